The van der Waals surface area contributed by atoms with Gasteiger partial charge in [-0.05, 0) is 37.6 Å². The SMILES string of the molecule is Cc1cc(C)c(C#N)c(Oc2cc(Cl)ccc2N)n1. The summed E-state index contributed by atoms with van der Waals surface area (Å²) < 4.78 is 5.63. The van der Waals surface area contributed by atoms with E-state index in [2.05, 4.69) is 11.1 Å². The van der Waals surface area contributed by atoms with E-state index in [4.69, 9.17) is 27.3 Å². The maximum atomic E-state index is 9.16. The van der Waals surface area contributed by atoms with E-state index < -0.39 is 0 Å². The van der Waals surface area contributed by atoms with Gasteiger partial charge in [-0.1, -0.05) is 11.6 Å². The highest BCUT2D eigenvalue weighted by atomic mass is 35.5. The van der Waals surface area contributed by atoms with Gasteiger partial charge in [0.25, 0.3) is 0 Å². The quantitative estimate of drug-likeness (QED) is 0.849. The average molecular weight is 274 g/mol. The summed E-state index contributed by atoms with van der Waals surface area (Å²) in [6.07, 6.45) is 0. The summed E-state index contributed by atoms with van der Waals surface area (Å²) in [5.41, 5.74) is 8.22. The summed E-state index contributed by atoms with van der Waals surface area (Å²) >= 11 is 5.90. The Morgan fingerprint density at radius 3 is 2.74 bits per heavy atom. The molecule has 0 unspecified atom stereocenters. The number of halogens is 1. The highest BCUT2D eigenvalue weighted by molar-refractivity contribution is 6.30. The van der Waals surface area contributed by atoms with Crippen LogP contribution in [0, 0.1) is 25.2 Å². The summed E-state index contributed by atoms with van der Waals surface area (Å²) in [6, 6.07) is 8.82. The molecule has 96 valence electrons. The first-order valence-electron chi connectivity index (χ1n) is 5.62. The average Bonchev–Trinajstić information content (AvgIpc) is 2.33. The molecule has 2 aromatic rings. The molecule has 0 fully saturated rings. The van der Waals surface area contributed by atoms with Crippen molar-refractivity contribution in [3.63, 3.8) is 0 Å². The second-order valence-corrected chi connectivity index (χ2v) is 4.59. The molecule has 0 saturated carbocycles. The van der Waals surface area contributed by atoms with Crippen molar-refractivity contribution in [1.29, 1.82) is 5.26 Å². The molecular formula is C14H12ClN3O. The van der Waals surface area contributed by atoms with E-state index in [0.717, 1.165) is 11.3 Å². The van der Waals surface area contributed by atoms with Crippen molar-refractivity contribution in [3.05, 3.63) is 46.1 Å². The predicted octanol–water partition coefficient (Wildman–Crippen LogP) is 3.60. The van der Waals surface area contributed by atoms with Gasteiger partial charge in [0, 0.05) is 16.8 Å². The molecule has 1 heterocycles. The number of hydrogen-bond donors (Lipinski definition) is 1. The van der Waals surface area contributed by atoms with Gasteiger partial charge < -0.3 is 10.5 Å². The Balaban J connectivity index is 2.49. The maximum absolute atomic E-state index is 9.16. The minimum Gasteiger partial charge on any atom is -0.435 e. The molecule has 0 radical (unpaired) electrons. The van der Waals surface area contributed by atoms with Gasteiger partial charge in [0.15, 0.2) is 5.75 Å². The number of pyridine rings is 1. The van der Waals surface area contributed by atoms with Crippen molar-refractivity contribution < 1.29 is 4.74 Å². The van der Waals surface area contributed by atoms with Gasteiger partial charge in [0.05, 0.1) is 5.69 Å². The number of nitrogen functional groups attached to an aromatic ring is 1. The van der Waals surface area contributed by atoms with Crippen LogP contribution < -0.4 is 10.5 Å². The molecule has 2 rings (SSSR count). The minimum absolute atomic E-state index is 0.244. The van der Waals surface area contributed by atoms with Gasteiger partial charge in [-0.3, -0.25) is 0 Å². The molecule has 0 spiro atoms. The van der Waals surface area contributed by atoms with Gasteiger partial charge >= 0.3 is 0 Å². The van der Waals surface area contributed by atoms with Crippen LogP contribution in [0.2, 0.25) is 5.02 Å². The number of aromatic nitrogens is 1. The van der Waals surface area contributed by atoms with Gasteiger partial charge in [-0.2, -0.15) is 5.26 Å². The third-order valence-corrected chi connectivity index (χ3v) is 2.84. The van der Waals surface area contributed by atoms with Crippen LogP contribution >= 0.6 is 11.6 Å². The molecule has 0 aliphatic heterocycles. The Morgan fingerprint density at radius 2 is 2.05 bits per heavy atom. The Kier molecular flexibility index (Phi) is 3.59. The number of anilines is 1. The van der Waals surface area contributed by atoms with Gasteiger partial charge in [-0.15, -0.1) is 0 Å². The van der Waals surface area contributed by atoms with Crippen molar-refractivity contribution >= 4 is 17.3 Å². The maximum Gasteiger partial charge on any atom is 0.237 e. The Bertz CT molecular complexity index is 677. The number of benzene rings is 1. The fourth-order valence-corrected chi connectivity index (χ4v) is 1.88. The van der Waals surface area contributed by atoms with E-state index in [1.165, 1.54) is 0 Å². The lowest BCUT2D eigenvalue weighted by Gasteiger charge is -2.11. The molecule has 0 bridgehead atoms. The molecule has 0 aliphatic carbocycles. The third-order valence-electron chi connectivity index (χ3n) is 2.61. The molecule has 0 atom stereocenters. The molecule has 2 N–H and O–H groups in total. The van der Waals surface area contributed by atoms with Gasteiger partial charge in [0.1, 0.15) is 11.6 Å². The molecule has 1 aromatic heterocycles. The molecular weight excluding hydrogens is 262 g/mol. The molecule has 1 aromatic carbocycles. The number of nitriles is 1. The highest BCUT2D eigenvalue weighted by Crippen LogP contribution is 2.31. The second-order valence-electron chi connectivity index (χ2n) is 4.16. The zero-order valence-electron chi connectivity index (χ0n) is 10.6. The molecule has 19 heavy (non-hydrogen) atoms. The van der Waals surface area contributed by atoms with Crippen LogP contribution in [-0.2, 0) is 0 Å². The van der Waals surface area contributed by atoms with Crippen LogP contribution in [0.25, 0.3) is 0 Å². The third kappa shape index (κ3) is 2.78. The number of nitrogens with zero attached hydrogens (tertiary/aromatic N) is 2. The molecule has 4 nitrogen and oxygen atoms in total. The summed E-state index contributed by atoms with van der Waals surface area (Å²) in [5, 5.41) is 9.67. The van der Waals surface area contributed by atoms with Crippen LogP contribution in [0.1, 0.15) is 16.8 Å². The van der Waals surface area contributed by atoms with Crippen LogP contribution in [0.5, 0.6) is 11.6 Å². The van der Waals surface area contributed by atoms with E-state index in [9.17, 15) is 0 Å². The standard InChI is InChI=1S/C14H12ClN3O/c1-8-5-9(2)18-14(11(8)7-16)19-13-6-10(15)3-4-12(13)17/h3-6H,17H2,1-2H3. The van der Waals surface area contributed by atoms with E-state index >= 15 is 0 Å². The van der Waals surface area contributed by atoms with Crippen molar-refractivity contribution in [2.75, 3.05) is 5.73 Å². The van der Waals surface area contributed by atoms with E-state index in [1.807, 2.05) is 19.9 Å². The zero-order valence-corrected chi connectivity index (χ0v) is 11.3. The summed E-state index contributed by atoms with van der Waals surface area (Å²) in [7, 11) is 0. The minimum atomic E-state index is 0.244. The first-order chi connectivity index (χ1) is 9.01. The van der Waals surface area contributed by atoms with Crippen molar-refractivity contribution in [3.8, 4) is 17.7 Å². The Labute approximate surface area is 116 Å². The normalized spacial score (nSPS) is 10.0. The van der Waals surface area contributed by atoms with Crippen LogP contribution in [0.4, 0.5) is 5.69 Å². The Hall–Kier alpha value is -2.25. The van der Waals surface area contributed by atoms with Gasteiger partial charge in [0.2, 0.25) is 5.88 Å². The monoisotopic (exact) mass is 273 g/mol. The lowest BCUT2D eigenvalue weighted by atomic mass is 10.1. The molecule has 0 saturated heterocycles. The number of ether oxygens (including phenoxy) is 1. The van der Waals surface area contributed by atoms with Crippen LogP contribution in [0.15, 0.2) is 24.3 Å². The fraction of sp³-hybridized carbons (Fsp3) is 0.143. The number of aryl methyl sites for hydroxylation is 2. The summed E-state index contributed by atoms with van der Waals surface area (Å²) in [6.45, 7) is 3.67. The van der Waals surface area contributed by atoms with Crippen molar-refractivity contribution in [2.24, 2.45) is 0 Å². The second kappa shape index (κ2) is 5.17. The smallest absolute Gasteiger partial charge is 0.237 e. The largest absolute Gasteiger partial charge is 0.435 e. The predicted molar refractivity (Wildman–Crippen MR) is 74.4 cm³/mol. The lowest BCUT2D eigenvalue weighted by molar-refractivity contribution is 0.461. The molecule has 0 amide bonds. The van der Waals surface area contributed by atoms with Crippen molar-refractivity contribution in [1.82, 2.24) is 4.98 Å². The topological polar surface area (TPSA) is 71.9 Å². The van der Waals surface area contributed by atoms with Gasteiger partial charge in [-0.25, -0.2) is 4.98 Å². The number of rotatable bonds is 2. The molecule has 0 aliphatic rings. The first kappa shape index (κ1) is 13.2. The van der Waals surface area contributed by atoms with Crippen LogP contribution in [-0.4, -0.2) is 4.98 Å². The van der Waals surface area contributed by atoms with Crippen LogP contribution in [0.3, 0.4) is 0 Å². The van der Waals surface area contributed by atoms with Crippen molar-refractivity contribution in [2.45, 2.75) is 13.8 Å². The zero-order chi connectivity index (χ0) is 14.0. The molecule has 5 heteroatoms. The highest BCUT2D eigenvalue weighted by Gasteiger charge is 2.12. The Morgan fingerprint density at radius 1 is 1.32 bits per heavy atom. The summed E-state index contributed by atoms with van der Waals surface area (Å²) in [4.78, 5) is 4.23. The first-order valence-corrected chi connectivity index (χ1v) is 6.00. The van der Waals surface area contributed by atoms with E-state index in [1.54, 1.807) is 18.2 Å². The number of hydrogen-bond acceptors (Lipinski definition) is 4. The fourth-order valence-electron chi connectivity index (χ4n) is 1.71. The summed E-state index contributed by atoms with van der Waals surface area (Å²) in [5.74, 6) is 0.635. The number of nitrogens with two attached hydrogens (primary N) is 1. The van der Waals surface area contributed by atoms with E-state index in [0.29, 0.717) is 22.0 Å². The lowest BCUT2D eigenvalue weighted by Crippen LogP contribution is -1.99. The van der Waals surface area contributed by atoms with E-state index in [-0.39, 0.29) is 5.88 Å².